The standard InChI is InChI=1S/C22H27FN2O4/c1-15-3-2-4-18(26)11-16(15)12-19-14-25(22(27)29-19)17-5-6-21(20(23)13-17)24-7-9-28-10-8-24/h2-3,5-6,13,15-16,19H,4,7-12,14H2,1H3. The molecule has 0 radical (unpaired) electrons. The molecule has 1 aromatic carbocycles. The van der Waals surface area contributed by atoms with Gasteiger partial charge >= 0.3 is 6.09 Å². The molecule has 6 nitrogen and oxygen atoms in total. The summed E-state index contributed by atoms with van der Waals surface area (Å²) in [4.78, 5) is 27.8. The molecule has 3 atom stereocenters. The Morgan fingerprint density at radius 2 is 2.00 bits per heavy atom. The van der Waals surface area contributed by atoms with Gasteiger partial charge in [0.25, 0.3) is 0 Å². The lowest BCUT2D eigenvalue weighted by Crippen LogP contribution is -2.36. The van der Waals surface area contributed by atoms with Crippen molar-refractivity contribution in [3.63, 3.8) is 0 Å². The van der Waals surface area contributed by atoms with Gasteiger partial charge in [-0.1, -0.05) is 19.1 Å². The lowest BCUT2D eigenvalue weighted by atomic mass is 9.86. The molecule has 3 aliphatic rings. The average molecular weight is 402 g/mol. The second-order valence-corrected chi connectivity index (χ2v) is 8.08. The number of ketones is 1. The minimum Gasteiger partial charge on any atom is -0.444 e. The molecule has 3 unspecified atom stereocenters. The molecule has 1 aromatic rings. The Morgan fingerprint density at radius 3 is 2.76 bits per heavy atom. The molecule has 7 heteroatoms. The predicted molar refractivity (Wildman–Crippen MR) is 108 cm³/mol. The van der Waals surface area contributed by atoms with Gasteiger partial charge in [0.1, 0.15) is 17.7 Å². The first-order valence-electron chi connectivity index (χ1n) is 10.3. The number of cyclic esters (lactones) is 1. The van der Waals surface area contributed by atoms with Gasteiger partial charge in [-0.15, -0.1) is 0 Å². The summed E-state index contributed by atoms with van der Waals surface area (Å²) in [7, 11) is 0. The fourth-order valence-corrected chi connectivity index (χ4v) is 4.35. The van der Waals surface area contributed by atoms with Crippen LogP contribution in [0.5, 0.6) is 0 Å². The van der Waals surface area contributed by atoms with E-state index in [1.54, 1.807) is 12.1 Å². The second-order valence-electron chi connectivity index (χ2n) is 8.08. The number of morpholine rings is 1. The Morgan fingerprint density at radius 1 is 1.21 bits per heavy atom. The average Bonchev–Trinajstić information content (AvgIpc) is 2.99. The summed E-state index contributed by atoms with van der Waals surface area (Å²) in [5.41, 5.74) is 1.02. The number of hydrogen-bond acceptors (Lipinski definition) is 5. The van der Waals surface area contributed by atoms with Crippen molar-refractivity contribution in [3.05, 3.63) is 36.2 Å². The van der Waals surface area contributed by atoms with E-state index in [0.717, 1.165) is 0 Å². The zero-order valence-electron chi connectivity index (χ0n) is 16.7. The largest absolute Gasteiger partial charge is 0.444 e. The Labute approximate surface area is 170 Å². The van der Waals surface area contributed by atoms with E-state index in [9.17, 15) is 14.0 Å². The van der Waals surface area contributed by atoms with Crippen LogP contribution in [-0.2, 0) is 14.3 Å². The van der Waals surface area contributed by atoms with Crippen molar-refractivity contribution in [2.75, 3.05) is 42.6 Å². The highest BCUT2D eigenvalue weighted by molar-refractivity contribution is 5.90. The van der Waals surface area contributed by atoms with Gasteiger partial charge in [0.15, 0.2) is 0 Å². The number of carbonyl (C=O) groups is 2. The van der Waals surface area contributed by atoms with E-state index in [4.69, 9.17) is 9.47 Å². The number of hydrogen-bond donors (Lipinski definition) is 0. The van der Waals surface area contributed by atoms with E-state index in [2.05, 4.69) is 13.0 Å². The summed E-state index contributed by atoms with van der Waals surface area (Å²) in [6.45, 7) is 4.93. The normalized spacial score (nSPS) is 27.9. The summed E-state index contributed by atoms with van der Waals surface area (Å²) in [5.74, 6) is 0.283. The SMILES string of the molecule is CC1C=CCC(=O)CC1CC1CN(c2ccc(N3CCOCC3)c(F)c2)C(=O)O1. The Bertz CT molecular complexity index is 806. The highest BCUT2D eigenvalue weighted by Gasteiger charge is 2.36. The maximum Gasteiger partial charge on any atom is 0.414 e. The van der Waals surface area contributed by atoms with Crippen LogP contribution in [0.3, 0.4) is 0 Å². The Hall–Kier alpha value is -2.41. The Balaban J connectivity index is 1.43. The van der Waals surface area contributed by atoms with Crippen molar-refractivity contribution >= 4 is 23.3 Å². The second kappa shape index (κ2) is 8.53. The Kier molecular flexibility index (Phi) is 5.85. The number of rotatable bonds is 4. The third kappa shape index (κ3) is 4.45. The van der Waals surface area contributed by atoms with Crippen LogP contribution in [0.25, 0.3) is 0 Å². The molecule has 2 fully saturated rings. The van der Waals surface area contributed by atoms with E-state index in [0.29, 0.717) is 63.5 Å². The molecule has 0 saturated carbocycles. The van der Waals surface area contributed by atoms with Gasteiger partial charge in [-0.3, -0.25) is 9.69 Å². The van der Waals surface area contributed by atoms with Crippen molar-refractivity contribution in [2.45, 2.75) is 32.3 Å². The predicted octanol–water partition coefficient (Wildman–Crippen LogP) is 3.55. The lowest BCUT2D eigenvalue weighted by Gasteiger charge is -2.29. The topological polar surface area (TPSA) is 59.1 Å². The number of allylic oxidation sites excluding steroid dienone is 2. The van der Waals surface area contributed by atoms with E-state index >= 15 is 0 Å². The molecule has 0 bridgehead atoms. The van der Waals surface area contributed by atoms with Gasteiger partial charge in [-0.25, -0.2) is 9.18 Å². The maximum atomic E-state index is 14.7. The molecule has 0 aromatic heterocycles. The number of nitrogens with zero attached hydrogens (tertiary/aromatic N) is 2. The fraction of sp³-hybridized carbons (Fsp3) is 0.545. The first-order chi connectivity index (χ1) is 14.0. The van der Waals surface area contributed by atoms with Crippen molar-refractivity contribution in [1.29, 1.82) is 0 Å². The monoisotopic (exact) mass is 402 g/mol. The summed E-state index contributed by atoms with van der Waals surface area (Å²) >= 11 is 0. The van der Waals surface area contributed by atoms with Crippen molar-refractivity contribution in [2.24, 2.45) is 11.8 Å². The van der Waals surface area contributed by atoms with E-state index in [-0.39, 0.29) is 29.5 Å². The third-order valence-electron chi connectivity index (χ3n) is 6.05. The minimum atomic E-state index is -0.461. The smallest absolute Gasteiger partial charge is 0.414 e. The molecular formula is C22H27FN2O4. The number of ether oxygens (including phenoxy) is 2. The lowest BCUT2D eigenvalue weighted by molar-refractivity contribution is -0.119. The molecule has 0 N–H and O–H groups in total. The number of amides is 1. The van der Waals surface area contributed by atoms with Crippen LogP contribution >= 0.6 is 0 Å². The molecule has 1 aliphatic carbocycles. The van der Waals surface area contributed by atoms with Crippen LogP contribution in [-0.4, -0.2) is 50.8 Å². The molecule has 4 rings (SSSR count). The molecule has 2 heterocycles. The molecule has 1 amide bonds. The van der Waals surface area contributed by atoms with Crippen LogP contribution in [0.4, 0.5) is 20.6 Å². The maximum absolute atomic E-state index is 14.7. The molecule has 2 saturated heterocycles. The molecule has 2 aliphatic heterocycles. The van der Waals surface area contributed by atoms with Crippen LogP contribution in [0.1, 0.15) is 26.2 Å². The zero-order chi connectivity index (χ0) is 20.4. The third-order valence-corrected chi connectivity index (χ3v) is 6.05. The van der Waals surface area contributed by atoms with Crippen LogP contribution in [0.15, 0.2) is 30.4 Å². The van der Waals surface area contributed by atoms with E-state index in [1.807, 2.05) is 11.0 Å². The van der Waals surface area contributed by atoms with Gasteiger partial charge in [0, 0.05) is 25.9 Å². The van der Waals surface area contributed by atoms with Crippen LogP contribution in [0.2, 0.25) is 0 Å². The minimum absolute atomic E-state index is 0.152. The first-order valence-corrected chi connectivity index (χ1v) is 10.3. The van der Waals surface area contributed by atoms with Gasteiger partial charge < -0.3 is 14.4 Å². The first kappa shape index (κ1) is 19.9. The highest BCUT2D eigenvalue weighted by Crippen LogP contribution is 2.32. The molecule has 0 spiro atoms. The van der Waals surface area contributed by atoms with E-state index in [1.165, 1.54) is 11.0 Å². The molecular weight excluding hydrogens is 375 g/mol. The van der Waals surface area contributed by atoms with Crippen LogP contribution < -0.4 is 9.80 Å². The fourth-order valence-electron chi connectivity index (χ4n) is 4.35. The van der Waals surface area contributed by atoms with Crippen molar-refractivity contribution in [1.82, 2.24) is 0 Å². The quantitative estimate of drug-likeness (QED) is 0.721. The van der Waals surface area contributed by atoms with Crippen molar-refractivity contribution < 1.29 is 23.5 Å². The summed E-state index contributed by atoms with van der Waals surface area (Å²) in [5, 5.41) is 0. The van der Waals surface area contributed by atoms with Gasteiger partial charge in [0.2, 0.25) is 0 Å². The van der Waals surface area contributed by atoms with Gasteiger partial charge in [-0.05, 0) is 36.5 Å². The van der Waals surface area contributed by atoms with Crippen molar-refractivity contribution in [3.8, 4) is 0 Å². The van der Waals surface area contributed by atoms with Crippen LogP contribution in [0, 0.1) is 17.7 Å². The van der Waals surface area contributed by atoms with Gasteiger partial charge in [0.05, 0.1) is 31.1 Å². The summed E-state index contributed by atoms with van der Waals surface area (Å²) in [6, 6.07) is 4.88. The molecule has 29 heavy (non-hydrogen) atoms. The zero-order valence-corrected chi connectivity index (χ0v) is 16.7. The highest BCUT2D eigenvalue weighted by atomic mass is 19.1. The van der Waals surface area contributed by atoms with E-state index < -0.39 is 6.09 Å². The summed E-state index contributed by atoms with van der Waals surface area (Å²) in [6.07, 6.45) is 4.86. The number of Topliss-reactive ketones (excluding diaryl/α,β-unsaturated/α-hetero) is 1. The molecule has 156 valence electrons. The number of benzene rings is 1. The number of carbonyl (C=O) groups excluding carboxylic acids is 2. The van der Waals surface area contributed by atoms with Gasteiger partial charge in [-0.2, -0.15) is 0 Å². The number of halogens is 1. The number of anilines is 2. The summed E-state index contributed by atoms with van der Waals surface area (Å²) < 4.78 is 25.6.